The Kier molecular flexibility index (Phi) is 7.28. The summed E-state index contributed by atoms with van der Waals surface area (Å²) in [7, 11) is -3.72. The van der Waals surface area contributed by atoms with E-state index in [1.807, 2.05) is 18.7 Å². The third-order valence-corrected chi connectivity index (χ3v) is 6.62. The van der Waals surface area contributed by atoms with Gasteiger partial charge in [-0.15, -0.1) is 0 Å². The molecule has 0 aliphatic carbocycles. The Labute approximate surface area is 159 Å². The summed E-state index contributed by atoms with van der Waals surface area (Å²) in [6.45, 7) is 7.23. The highest BCUT2D eigenvalue weighted by Crippen LogP contribution is 2.20. The van der Waals surface area contributed by atoms with Crippen molar-refractivity contribution in [3.8, 4) is 0 Å². The fourth-order valence-electron chi connectivity index (χ4n) is 3.10. The number of amides is 1. The average Bonchev–Trinajstić information content (AvgIpc) is 2.89. The molecule has 150 valence electrons. The number of likely N-dealkylation sites (N-methyl/N-ethyl adjacent to an activating group) is 1. The van der Waals surface area contributed by atoms with Gasteiger partial charge in [0.2, 0.25) is 15.9 Å². The van der Waals surface area contributed by atoms with Crippen molar-refractivity contribution in [3.63, 3.8) is 0 Å². The van der Waals surface area contributed by atoms with E-state index in [1.165, 1.54) is 28.6 Å². The van der Waals surface area contributed by atoms with Crippen LogP contribution in [0.4, 0.5) is 5.69 Å². The summed E-state index contributed by atoms with van der Waals surface area (Å²) in [5.41, 5.74) is -0.147. The van der Waals surface area contributed by atoms with Gasteiger partial charge in [0, 0.05) is 44.9 Å². The first kappa shape index (κ1) is 21.3. The highest BCUT2D eigenvalue weighted by Gasteiger charge is 2.28. The number of hydrogen-bond acceptors (Lipinski definition) is 6. The number of rotatable bonds is 7. The van der Waals surface area contributed by atoms with Gasteiger partial charge >= 0.3 is 0 Å². The van der Waals surface area contributed by atoms with E-state index >= 15 is 0 Å². The third-order valence-electron chi connectivity index (χ3n) is 4.71. The molecule has 1 aliphatic heterocycles. The molecule has 2 rings (SSSR count). The van der Waals surface area contributed by atoms with E-state index in [4.69, 9.17) is 0 Å². The van der Waals surface area contributed by atoms with E-state index in [9.17, 15) is 23.3 Å². The maximum Gasteiger partial charge on any atom is 0.269 e. The summed E-state index contributed by atoms with van der Waals surface area (Å²) in [5.74, 6) is 0.0478. The van der Waals surface area contributed by atoms with Crippen LogP contribution in [0.15, 0.2) is 29.2 Å². The van der Waals surface area contributed by atoms with Crippen molar-refractivity contribution in [2.75, 3.05) is 45.8 Å². The molecule has 1 aromatic carbocycles. The van der Waals surface area contributed by atoms with Crippen LogP contribution in [0.2, 0.25) is 0 Å². The second-order valence-electron chi connectivity index (χ2n) is 6.35. The minimum absolute atomic E-state index is 0.0424. The molecule has 0 spiro atoms. The van der Waals surface area contributed by atoms with E-state index in [-0.39, 0.29) is 29.6 Å². The molecule has 0 aromatic heterocycles. The van der Waals surface area contributed by atoms with Gasteiger partial charge in [-0.3, -0.25) is 19.8 Å². The molecular formula is C17H26N4O5S. The minimum Gasteiger partial charge on any atom is -0.342 e. The second kappa shape index (κ2) is 9.25. The van der Waals surface area contributed by atoms with E-state index in [2.05, 4.69) is 0 Å². The molecule has 9 nitrogen and oxygen atoms in total. The van der Waals surface area contributed by atoms with E-state index in [0.717, 1.165) is 0 Å². The molecular weight excluding hydrogens is 372 g/mol. The second-order valence-corrected chi connectivity index (χ2v) is 8.29. The van der Waals surface area contributed by atoms with Gasteiger partial charge in [0.25, 0.3) is 5.69 Å². The Hall–Kier alpha value is -2.04. The predicted molar refractivity (Wildman–Crippen MR) is 101 cm³/mol. The van der Waals surface area contributed by atoms with Gasteiger partial charge in [-0.1, -0.05) is 0 Å². The van der Waals surface area contributed by atoms with Crippen molar-refractivity contribution in [1.82, 2.24) is 14.1 Å². The zero-order chi connectivity index (χ0) is 20.0. The lowest BCUT2D eigenvalue weighted by atomic mass is 10.3. The van der Waals surface area contributed by atoms with Crippen molar-refractivity contribution in [3.05, 3.63) is 34.4 Å². The van der Waals surface area contributed by atoms with Crippen molar-refractivity contribution in [2.24, 2.45) is 0 Å². The van der Waals surface area contributed by atoms with Gasteiger partial charge < -0.3 is 4.90 Å². The van der Waals surface area contributed by atoms with Crippen LogP contribution < -0.4 is 0 Å². The molecule has 1 aliphatic rings. The molecule has 0 atom stereocenters. The third kappa shape index (κ3) is 5.24. The molecule has 1 heterocycles. The Morgan fingerprint density at radius 3 is 2.30 bits per heavy atom. The number of carbonyl (C=O) groups is 1. The predicted octanol–water partition coefficient (Wildman–Crippen LogP) is 1.16. The summed E-state index contributed by atoms with van der Waals surface area (Å²) in [6, 6.07) is 4.92. The zero-order valence-electron chi connectivity index (χ0n) is 15.7. The maximum atomic E-state index is 12.8. The van der Waals surface area contributed by atoms with Gasteiger partial charge in [0.15, 0.2) is 0 Å². The van der Waals surface area contributed by atoms with Crippen LogP contribution in [0.3, 0.4) is 0 Å². The van der Waals surface area contributed by atoms with Crippen molar-refractivity contribution in [2.45, 2.75) is 25.2 Å². The molecule has 0 saturated carbocycles. The number of non-ortho nitro benzene ring substituents is 1. The number of nitrogens with zero attached hydrogens (tertiary/aromatic N) is 4. The van der Waals surface area contributed by atoms with E-state index in [1.54, 1.807) is 4.90 Å². The van der Waals surface area contributed by atoms with Crippen LogP contribution in [0.5, 0.6) is 0 Å². The largest absolute Gasteiger partial charge is 0.342 e. The summed E-state index contributed by atoms with van der Waals surface area (Å²) < 4.78 is 27.0. The number of benzene rings is 1. The van der Waals surface area contributed by atoms with Crippen LogP contribution in [-0.4, -0.2) is 79.2 Å². The Morgan fingerprint density at radius 2 is 1.74 bits per heavy atom. The van der Waals surface area contributed by atoms with E-state index in [0.29, 0.717) is 39.1 Å². The van der Waals surface area contributed by atoms with Gasteiger partial charge in [-0.05, 0) is 38.9 Å². The Morgan fingerprint density at radius 1 is 1.11 bits per heavy atom. The molecule has 1 fully saturated rings. The SMILES string of the molecule is CCN(CC)C(=O)CN1CCCN(S(=O)(=O)c2ccc([N+](=O)[O-])cc2)CC1. The zero-order valence-corrected chi connectivity index (χ0v) is 16.5. The highest BCUT2D eigenvalue weighted by atomic mass is 32.2. The molecule has 1 aromatic rings. The molecule has 10 heteroatoms. The van der Waals surface area contributed by atoms with Crippen LogP contribution in [0.1, 0.15) is 20.3 Å². The van der Waals surface area contributed by atoms with Gasteiger partial charge in [-0.2, -0.15) is 4.31 Å². The average molecular weight is 398 g/mol. The lowest BCUT2D eigenvalue weighted by molar-refractivity contribution is -0.384. The normalized spacial score (nSPS) is 16.7. The number of carbonyl (C=O) groups excluding carboxylic acids is 1. The van der Waals surface area contributed by atoms with Crippen LogP contribution in [0, 0.1) is 10.1 Å². The van der Waals surface area contributed by atoms with Gasteiger partial charge in [0.05, 0.1) is 16.4 Å². The number of nitro groups is 1. The minimum atomic E-state index is -3.72. The number of nitro benzene ring substituents is 1. The molecule has 0 bridgehead atoms. The van der Waals surface area contributed by atoms with Crippen LogP contribution in [0.25, 0.3) is 0 Å². The van der Waals surface area contributed by atoms with Crippen molar-refractivity contribution in [1.29, 1.82) is 0 Å². The molecule has 0 radical (unpaired) electrons. The number of hydrogen-bond donors (Lipinski definition) is 0. The van der Waals surface area contributed by atoms with Gasteiger partial charge in [0.1, 0.15) is 0 Å². The standard InChI is InChI=1S/C17H26N4O5S/c1-3-19(4-2)17(22)14-18-10-5-11-20(13-12-18)27(25,26)16-8-6-15(7-9-16)21(23)24/h6-9H,3-5,10-14H2,1-2H3. The highest BCUT2D eigenvalue weighted by molar-refractivity contribution is 7.89. The summed E-state index contributed by atoms with van der Waals surface area (Å²) in [5, 5.41) is 10.7. The van der Waals surface area contributed by atoms with Crippen LogP contribution in [-0.2, 0) is 14.8 Å². The molecule has 0 unspecified atom stereocenters. The molecule has 0 N–H and O–H groups in total. The molecule has 1 saturated heterocycles. The summed E-state index contributed by atoms with van der Waals surface area (Å²) >= 11 is 0. The first-order chi connectivity index (χ1) is 12.8. The Balaban J connectivity index is 2.04. The molecule has 1 amide bonds. The summed E-state index contributed by atoms with van der Waals surface area (Å²) in [6.07, 6.45) is 0.623. The Bertz CT molecular complexity index is 762. The van der Waals surface area contributed by atoms with Crippen molar-refractivity contribution < 1.29 is 18.1 Å². The molecule has 27 heavy (non-hydrogen) atoms. The van der Waals surface area contributed by atoms with Crippen LogP contribution >= 0.6 is 0 Å². The monoisotopic (exact) mass is 398 g/mol. The van der Waals surface area contributed by atoms with E-state index < -0.39 is 14.9 Å². The fraction of sp³-hybridized carbons (Fsp3) is 0.588. The fourth-order valence-corrected chi connectivity index (χ4v) is 4.57. The quantitative estimate of drug-likeness (QED) is 0.504. The smallest absolute Gasteiger partial charge is 0.269 e. The summed E-state index contributed by atoms with van der Waals surface area (Å²) in [4.78, 5) is 26.2. The van der Waals surface area contributed by atoms with Crippen molar-refractivity contribution >= 4 is 21.6 Å². The first-order valence-electron chi connectivity index (χ1n) is 9.04. The number of sulfonamides is 1. The first-order valence-corrected chi connectivity index (χ1v) is 10.5. The lowest BCUT2D eigenvalue weighted by Crippen LogP contribution is -2.42. The topological polar surface area (TPSA) is 104 Å². The lowest BCUT2D eigenvalue weighted by Gasteiger charge is -2.25. The van der Waals surface area contributed by atoms with Gasteiger partial charge in [-0.25, -0.2) is 8.42 Å². The maximum absolute atomic E-state index is 12.8.